The Balaban J connectivity index is 1.36. The molecule has 0 amide bonds. The minimum absolute atomic E-state index is 0.00821. The highest BCUT2D eigenvalue weighted by molar-refractivity contribution is 7.79. The van der Waals surface area contributed by atoms with Gasteiger partial charge in [0.05, 0.1) is 16.9 Å². The fourth-order valence-corrected chi connectivity index (χ4v) is 19.9. The van der Waals surface area contributed by atoms with Crippen LogP contribution >= 0.6 is 58.2 Å². The molecule has 0 saturated heterocycles. The van der Waals surface area contributed by atoms with Crippen LogP contribution in [0.1, 0.15) is 293 Å². The number of hydrogen-bond donors (Lipinski definition) is 2. The van der Waals surface area contributed by atoms with E-state index in [1.807, 2.05) is 22.7 Å². The summed E-state index contributed by atoms with van der Waals surface area (Å²) >= 11 is 11.5. The molecule has 9 heteroatoms. The fraction of sp³-hybridized carbons (Fsp3) is 0.571. The number of halogens is 2. The zero-order valence-corrected chi connectivity index (χ0v) is 64.0. The summed E-state index contributed by atoms with van der Waals surface area (Å²) < 4.78 is 42.9. The van der Waals surface area contributed by atoms with Crippen molar-refractivity contribution < 1.29 is 8.78 Å². The van der Waals surface area contributed by atoms with Gasteiger partial charge in [-0.1, -0.05) is 300 Å². The molecule has 0 aliphatic heterocycles. The van der Waals surface area contributed by atoms with Crippen LogP contribution in [-0.2, 0) is 36.5 Å². The second-order valence-corrected chi connectivity index (χ2v) is 34.3. The molecule has 0 radical (unpaired) electrons. The summed E-state index contributed by atoms with van der Waals surface area (Å²) in [5.74, 6) is 0.362. The Morgan fingerprint density at radius 3 is 1.33 bits per heavy atom. The minimum atomic E-state index is -0.973. The van der Waals surface area contributed by atoms with Crippen LogP contribution in [0.2, 0.25) is 0 Å². The van der Waals surface area contributed by atoms with E-state index in [1.165, 1.54) is 201 Å². The van der Waals surface area contributed by atoms with E-state index in [-0.39, 0.29) is 33.4 Å². The molecule has 0 spiro atoms. The van der Waals surface area contributed by atoms with Crippen molar-refractivity contribution in [1.82, 2.24) is 0 Å². The number of thiol groups is 1. The van der Waals surface area contributed by atoms with Crippen LogP contribution in [0.15, 0.2) is 88.8 Å². The predicted octanol–water partition coefficient (Wildman–Crippen LogP) is 29.4. The monoisotopic (exact) mass is 1350 g/mol. The van der Waals surface area contributed by atoms with Gasteiger partial charge in [0.1, 0.15) is 5.71 Å². The largest absolute Gasteiger partial charge is 0.298 e. The number of rotatable bonds is 37. The molecule has 3 aromatic carbocycles. The third-order valence-corrected chi connectivity index (χ3v) is 26.1. The van der Waals surface area contributed by atoms with Crippen LogP contribution in [0, 0.1) is 29.1 Å². The number of nitrogens with zero attached hydrogens (tertiary/aromatic N) is 1. The van der Waals surface area contributed by atoms with Gasteiger partial charge < -0.3 is 0 Å². The standard InChI is InChI=1S/C84H116F2N2S5/c1-15-23-29-31-37-57(35-27-19-5)49-63-51-68(74-76(86)75(85)73(77(87)78(74)88-89)67-52-64(82(92-67)84(12,13)14)50-58(36-28-20-6)38-32-30-24-16-2)90-79(63)69-53-65-71(61-43-39-59(40-44-61)47-55(21-7)33-25-17-3)81-66(54-70(93-81)83(9,10)11)72(80(65)91-69)62-45-41-60(42-46-62)48-56(22-8)34-26-18-4/h39-46,51-58,87,89H,15-38,47-50H2,1-14H3. The van der Waals surface area contributed by atoms with Crippen molar-refractivity contribution in [3.63, 3.8) is 0 Å². The van der Waals surface area contributed by atoms with Crippen LogP contribution in [0.25, 0.3) is 63.3 Å². The van der Waals surface area contributed by atoms with Crippen molar-refractivity contribution in [3.05, 3.63) is 126 Å². The summed E-state index contributed by atoms with van der Waals surface area (Å²) in [6.07, 6.45) is 32.7. The molecule has 1 N–H and O–H groups in total. The first-order chi connectivity index (χ1) is 44.7. The Morgan fingerprint density at radius 1 is 0.441 bits per heavy atom. The van der Waals surface area contributed by atoms with E-state index in [4.69, 9.17) is 0 Å². The molecule has 4 heterocycles. The Hall–Kier alpha value is -3.99. The van der Waals surface area contributed by atoms with Crippen molar-refractivity contribution in [2.75, 3.05) is 0 Å². The average Bonchev–Trinajstić information content (AvgIpc) is 1.60. The maximum atomic E-state index is 18.1. The Bertz CT molecular complexity index is 3500. The SMILES string of the molecule is CCCCCCC(CCCC)Cc1cc(C2=C(F)C(F)=C(c3cc(CC(CCCC)CCCCCC)c(C(C)(C)C)s3)C(=N)C2=NS)sc1-c1cc2c(-c3ccc(CC(CC)CCCC)cc3)c3sc(C(C)(C)C)cc3c(-c3ccc(CC(CC)CCCC)cc3)c2s1. The van der Waals surface area contributed by atoms with Gasteiger partial charge in [-0.15, -0.1) is 45.3 Å². The van der Waals surface area contributed by atoms with E-state index >= 15 is 8.78 Å². The maximum absolute atomic E-state index is 18.1. The van der Waals surface area contributed by atoms with Crippen LogP contribution in [0.3, 0.4) is 0 Å². The maximum Gasteiger partial charge on any atom is 0.170 e. The van der Waals surface area contributed by atoms with Gasteiger partial charge in [0.25, 0.3) is 0 Å². The van der Waals surface area contributed by atoms with Crippen molar-refractivity contribution in [1.29, 1.82) is 5.41 Å². The third-order valence-electron chi connectivity index (χ3n) is 20.2. The van der Waals surface area contributed by atoms with E-state index in [9.17, 15) is 5.41 Å². The smallest absolute Gasteiger partial charge is 0.170 e. The van der Waals surface area contributed by atoms with Gasteiger partial charge in [-0.25, -0.2) is 13.2 Å². The molecule has 0 bridgehead atoms. The number of allylic oxidation sites excluding steroid dienone is 4. The van der Waals surface area contributed by atoms with Crippen LogP contribution in [-0.4, -0.2) is 11.4 Å². The first-order valence-electron chi connectivity index (χ1n) is 36.9. The highest BCUT2D eigenvalue weighted by Crippen LogP contribution is 2.55. The van der Waals surface area contributed by atoms with E-state index in [1.54, 1.807) is 11.3 Å². The van der Waals surface area contributed by atoms with Crippen LogP contribution in [0.4, 0.5) is 8.78 Å². The molecule has 2 nitrogen and oxygen atoms in total. The molecule has 4 aromatic heterocycles. The second-order valence-electron chi connectivity index (χ2n) is 29.8. The van der Waals surface area contributed by atoms with Crippen molar-refractivity contribution in [3.8, 4) is 32.0 Å². The zero-order chi connectivity index (χ0) is 67.0. The second kappa shape index (κ2) is 35.5. The van der Waals surface area contributed by atoms with Crippen LogP contribution < -0.4 is 0 Å². The molecule has 93 heavy (non-hydrogen) atoms. The van der Waals surface area contributed by atoms with Crippen molar-refractivity contribution in [2.45, 2.75) is 288 Å². The summed E-state index contributed by atoms with van der Waals surface area (Å²) in [6.45, 7) is 32.1. The molecule has 7 aromatic rings. The van der Waals surface area contributed by atoms with Gasteiger partial charge >= 0.3 is 0 Å². The quantitative estimate of drug-likeness (QED) is 0.0221. The van der Waals surface area contributed by atoms with E-state index in [0.29, 0.717) is 33.4 Å². The zero-order valence-electron chi connectivity index (χ0n) is 59.8. The summed E-state index contributed by atoms with van der Waals surface area (Å²) in [7, 11) is 0. The normalized spacial score (nSPS) is 15.3. The van der Waals surface area contributed by atoms with E-state index < -0.39 is 11.7 Å². The average molecular weight is 1350 g/mol. The summed E-state index contributed by atoms with van der Waals surface area (Å²) in [5, 5.41) is 12.5. The Kier molecular flexibility index (Phi) is 28.5. The Morgan fingerprint density at radius 2 is 0.871 bits per heavy atom. The highest BCUT2D eigenvalue weighted by Gasteiger charge is 2.38. The molecule has 4 unspecified atom stereocenters. The highest BCUT2D eigenvalue weighted by atomic mass is 32.1. The van der Waals surface area contributed by atoms with Gasteiger partial charge in [-0.3, -0.25) is 5.41 Å². The number of benzene rings is 3. The van der Waals surface area contributed by atoms with E-state index in [2.05, 4.69) is 187 Å². The lowest BCUT2D eigenvalue weighted by Crippen LogP contribution is -2.22. The van der Waals surface area contributed by atoms with Gasteiger partial charge in [0, 0.05) is 60.6 Å². The van der Waals surface area contributed by atoms with E-state index in [0.717, 1.165) is 74.0 Å². The molecule has 0 saturated carbocycles. The first-order valence-corrected chi connectivity index (χ1v) is 40.5. The topological polar surface area (TPSA) is 36.2 Å². The molecule has 4 atom stereocenters. The number of fused-ring (bicyclic) bond motifs is 2. The van der Waals surface area contributed by atoms with Gasteiger partial charge in [0.15, 0.2) is 11.7 Å². The number of thiophene rings is 4. The molecule has 0 fully saturated rings. The molecule has 506 valence electrons. The van der Waals surface area contributed by atoms with Crippen molar-refractivity contribution >= 4 is 101 Å². The summed E-state index contributed by atoms with van der Waals surface area (Å²) in [5.41, 5.74) is 9.91. The molecule has 1 aliphatic carbocycles. The molecular formula is C84H116F2N2S5. The van der Waals surface area contributed by atoms with Gasteiger partial charge in [0.2, 0.25) is 0 Å². The predicted molar refractivity (Wildman–Crippen MR) is 418 cm³/mol. The van der Waals surface area contributed by atoms with Gasteiger partial charge in [-0.2, -0.15) is 0 Å². The number of hydrogen-bond acceptors (Lipinski definition) is 7. The van der Waals surface area contributed by atoms with Gasteiger partial charge in [-0.05, 0) is 131 Å². The number of unbranched alkanes of at least 4 members (excludes halogenated alkanes) is 10. The first kappa shape index (κ1) is 74.8. The lowest BCUT2D eigenvalue weighted by Gasteiger charge is -2.22. The summed E-state index contributed by atoms with van der Waals surface area (Å²) in [6, 6.07) is 28.4. The summed E-state index contributed by atoms with van der Waals surface area (Å²) in [4.78, 5) is 5.99. The fourth-order valence-electron chi connectivity index (χ4n) is 14.5. The lowest BCUT2D eigenvalue weighted by molar-refractivity contribution is 0.408. The van der Waals surface area contributed by atoms with Crippen molar-refractivity contribution in [2.24, 2.45) is 28.1 Å². The Labute approximate surface area is 584 Å². The minimum Gasteiger partial charge on any atom is -0.298 e. The number of nitrogens with one attached hydrogen (secondary N) is 1. The lowest BCUT2D eigenvalue weighted by atomic mass is 9.84. The molecule has 8 rings (SSSR count). The molecular weight excluding hydrogens is 1240 g/mol. The van der Waals surface area contributed by atoms with Crippen LogP contribution in [0.5, 0.6) is 0 Å². The third kappa shape index (κ3) is 18.8. The molecule has 1 aliphatic rings.